The summed E-state index contributed by atoms with van der Waals surface area (Å²) in [6.07, 6.45) is -4.63. The van der Waals surface area contributed by atoms with Gasteiger partial charge in [-0.2, -0.15) is 13.2 Å². The third kappa shape index (κ3) is 4.33. The van der Waals surface area contributed by atoms with E-state index < -0.39 is 35.8 Å². The molecule has 24 heavy (non-hydrogen) atoms. The molecule has 2 unspecified atom stereocenters. The summed E-state index contributed by atoms with van der Waals surface area (Å²) < 4.78 is 58.5. The van der Waals surface area contributed by atoms with Gasteiger partial charge in [-0.25, -0.2) is 9.37 Å². The molecule has 1 aromatic carbocycles. The molecule has 1 heterocycles. The van der Waals surface area contributed by atoms with Crippen LogP contribution >= 0.6 is 0 Å². The molecule has 1 aromatic heterocycles. The van der Waals surface area contributed by atoms with E-state index in [1.165, 1.54) is 44.6 Å². The molecule has 0 radical (unpaired) electrons. The highest BCUT2D eigenvalue weighted by Crippen LogP contribution is 2.35. The van der Waals surface area contributed by atoms with Gasteiger partial charge in [0.15, 0.2) is 5.82 Å². The average molecular weight is 344 g/mol. The van der Waals surface area contributed by atoms with E-state index in [0.29, 0.717) is 5.56 Å². The maximum absolute atomic E-state index is 13.2. The minimum Gasteiger partial charge on any atom is -0.444 e. The number of alkyl halides is 3. The summed E-state index contributed by atoms with van der Waals surface area (Å²) in [5.41, 5.74) is 0.500. The Morgan fingerprint density at radius 1 is 1.38 bits per heavy atom. The first kappa shape index (κ1) is 18.0. The maximum atomic E-state index is 13.2. The van der Waals surface area contributed by atoms with Crippen molar-refractivity contribution in [3.63, 3.8) is 0 Å². The number of hydrogen-bond acceptors (Lipinski definition) is 3. The van der Waals surface area contributed by atoms with Gasteiger partial charge in [-0.05, 0) is 24.1 Å². The van der Waals surface area contributed by atoms with Gasteiger partial charge < -0.3 is 9.30 Å². The zero-order chi connectivity index (χ0) is 17.9. The molecule has 0 aliphatic rings. The molecule has 2 atom stereocenters. The van der Waals surface area contributed by atoms with E-state index in [0.717, 1.165) is 4.57 Å². The predicted octanol–water partition coefficient (Wildman–Crippen LogP) is 3.58. The van der Waals surface area contributed by atoms with Crippen LogP contribution in [0.1, 0.15) is 24.4 Å². The van der Waals surface area contributed by atoms with E-state index in [1.54, 1.807) is 6.07 Å². The van der Waals surface area contributed by atoms with Gasteiger partial charge in [0.25, 0.3) is 6.10 Å². The van der Waals surface area contributed by atoms with E-state index in [2.05, 4.69) is 9.72 Å². The number of nitrogens with zero attached hydrogens (tertiary/aromatic N) is 2. The quantitative estimate of drug-likeness (QED) is 0.615. The highest BCUT2D eigenvalue weighted by atomic mass is 19.4. The van der Waals surface area contributed by atoms with Crippen LogP contribution in [0.2, 0.25) is 0 Å². The number of carbonyl (C=O) groups is 1. The monoisotopic (exact) mass is 344 g/mol. The molecule has 0 fully saturated rings. The fourth-order valence-corrected chi connectivity index (χ4v) is 2.23. The second-order valence-electron chi connectivity index (χ2n) is 5.49. The first-order valence-corrected chi connectivity index (χ1v) is 7.17. The largest absolute Gasteiger partial charge is 0.444 e. The number of aryl methyl sites for hydroxylation is 1. The molecule has 0 saturated heterocycles. The smallest absolute Gasteiger partial charge is 0.432 e. The van der Waals surface area contributed by atoms with Crippen molar-refractivity contribution >= 4 is 5.97 Å². The summed E-state index contributed by atoms with van der Waals surface area (Å²) in [6, 6.07) is 5.53. The number of rotatable bonds is 5. The van der Waals surface area contributed by atoms with Crippen molar-refractivity contribution in [2.45, 2.75) is 25.6 Å². The average Bonchev–Trinajstić information content (AvgIpc) is 2.89. The minimum absolute atomic E-state index is 0.0712. The molecule has 0 amide bonds. The molecule has 0 N–H and O–H groups in total. The highest BCUT2D eigenvalue weighted by Gasteiger charge is 2.47. The van der Waals surface area contributed by atoms with Crippen LogP contribution in [0, 0.1) is 11.7 Å². The SMILES string of the molecule is CC(Cc1cccc(F)c1)C(=O)OC(c1nccn1C)C(F)(F)F. The van der Waals surface area contributed by atoms with E-state index in [9.17, 15) is 22.4 Å². The standard InChI is InChI=1S/C16H16F4N2O2/c1-10(8-11-4-3-5-12(17)9-11)15(23)24-13(16(18,19)20)14-21-6-7-22(14)2/h3-7,9-10,13H,8H2,1-2H3. The Bertz CT molecular complexity index is 712. The number of carbonyl (C=O) groups excluding carboxylic acids is 1. The van der Waals surface area contributed by atoms with Gasteiger partial charge in [-0.1, -0.05) is 19.1 Å². The van der Waals surface area contributed by atoms with Gasteiger partial charge in [0, 0.05) is 19.4 Å². The molecule has 2 aromatic rings. The third-order valence-electron chi connectivity index (χ3n) is 3.46. The van der Waals surface area contributed by atoms with Crippen LogP contribution in [-0.2, 0) is 23.0 Å². The van der Waals surface area contributed by atoms with Gasteiger partial charge >= 0.3 is 12.1 Å². The Labute approximate surface area is 136 Å². The van der Waals surface area contributed by atoms with Crippen molar-refractivity contribution < 1.29 is 27.1 Å². The third-order valence-corrected chi connectivity index (χ3v) is 3.46. The minimum atomic E-state index is -4.78. The van der Waals surface area contributed by atoms with Crippen molar-refractivity contribution in [3.05, 3.63) is 53.9 Å². The molecule has 2 rings (SSSR count). The normalized spacial score (nSPS) is 14.2. The van der Waals surface area contributed by atoms with E-state index in [1.807, 2.05) is 0 Å². The van der Waals surface area contributed by atoms with Gasteiger partial charge in [-0.3, -0.25) is 4.79 Å². The van der Waals surface area contributed by atoms with E-state index in [-0.39, 0.29) is 6.42 Å². The zero-order valence-corrected chi connectivity index (χ0v) is 13.0. The molecule has 130 valence electrons. The Hall–Kier alpha value is -2.38. The Kier molecular flexibility index (Phi) is 5.26. The summed E-state index contributed by atoms with van der Waals surface area (Å²) in [5, 5.41) is 0. The highest BCUT2D eigenvalue weighted by molar-refractivity contribution is 5.72. The number of esters is 1. The molecule has 0 aliphatic carbocycles. The van der Waals surface area contributed by atoms with Gasteiger partial charge in [-0.15, -0.1) is 0 Å². The summed E-state index contributed by atoms with van der Waals surface area (Å²) in [7, 11) is 1.38. The Morgan fingerprint density at radius 3 is 2.62 bits per heavy atom. The van der Waals surface area contributed by atoms with Crippen LogP contribution in [0.3, 0.4) is 0 Å². The topological polar surface area (TPSA) is 44.1 Å². The number of aromatic nitrogens is 2. The van der Waals surface area contributed by atoms with Gasteiger partial charge in [0.05, 0.1) is 5.92 Å². The first-order chi connectivity index (χ1) is 11.2. The van der Waals surface area contributed by atoms with Crippen molar-refractivity contribution in [2.75, 3.05) is 0 Å². The fraction of sp³-hybridized carbons (Fsp3) is 0.375. The summed E-state index contributed by atoms with van der Waals surface area (Å²) >= 11 is 0. The predicted molar refractivity (Wildman–Crippen MR) is 77.4 cm³/mol. The lowest BCUT2D eigenvalue weighted by Gasteiger charge is -2.22. The summed E-state index contributed by atoms with van der Waals surface area (Å²) in [5.74, 6) is -2.77. The van der Waals surface area contributed by atoms with Crippen molar-refractivity contribution in [1.29, 1.82) is 0 Å². The molecular formula is C16H16F4N2O2. The zero-order valence-electron chi connectivity index (χ0n) is 13.0. The molecule has 4 nitrogen and oxygen atoms in total. The number of hydrogen-bond donors (Lipinski definition) is 0. The van der Waals surface area contributed by atoms with Crippen molar-refractivity contribution in [2.24, 2.45) is 13.0 Å². The summed E-state index contributed by atoms with van der Waals surface area (Å²) in [6.45, 7) is 1.43. The van der Waals surface area contributed by atoms with Crippen LogP contribution in [0.5, 0.6) is 0 Å². The lowest BCUT2D eigenvalue weighted by Crippen LogP contribution is -2.31. The van der Waals surface area contributed by atoms with Crippen LogP contribution < -0.4 is 0 Å². The number of imidazole rings is 1. The summed E-state index contributed by atoms with van der Waals surface area (Å²) in [4.78, 5) is 15.6. The van der Waals surface area contributed by atoms with E-state index in [4.69, 9.17) is 0 Å². The van der Waals surface area contributed by atoms with Gasteiger partial charge in [0.2, 0.25) is 0 Å². The molecular weight excluding hydrogens is 328 g/mol. The second-order valence-corrected chi connectivity index (χ2v) is 5.49. The van der Waals surface area contributed by atoms with Crippen LogP contribution in [-0.4, -0.2) is 21.7 Å². The number of halogens is 4. The lowest BCUT2D eigenvalue weighted by atomic mass is 10.0. The second kappa shape index (κ2) is 7.02. The molecule has 0 saturated carbocycles. The van der Waals surface area contributed by atoms with Crippen LogP contribution in [0.25, 0.3) is 0 Å². The molecule has 0 bridgehead atoms. The van der Waals surface area contributed by atoms with Crippen LogP contribution in [0.15, 0.2) is 36.7 Å². The fourth-order valence-electron chi connectivity index (χ4n) is 2.23. The first-order valence-electron chi connectivity index (χ1n) is 7.17. The molecule has 0 spiro atoms. The van der Waals surface area contributed by atoms with E-state index >= 15 is 0 Å². The molecule has 0 aliphatic heterocycles. The number of ether oxygens (including phenoxy) is 1. The Morgan fingerprint density at radius 2 is 2.08 bits per heavy atom. The molecule has 8 heteroatoms. The lowest BCUT2D eigenvalue weighted by molar-refractivity contribution is -0.228. The van der Waals surface area contributed by atoms with Gasteiger partial charge in [0.1, 0.15) is 5.82 Å². The van der Waals surface area contributed by atoms with Crippen molar-refractivity contribution in [1.82, 2.24) is 9.55 Å². The number of benzene rings is 1. The van der Waals surface area contributed by atoms with Crippen LogP contribution in [0.4, 0.5) is 17.6 Å². The van der Waals surface area contributed by atoms with Crippen molar-refractivity contribution in [3.8, 4) is 0 Å². The Balaban J connectivity index is 2.11. The maximum Gasteiger partial charge on any atom is 0.432 e.